The summed E-state index contributed by atoms with van der Waals surface area (Å²) in [6.45, 7) is 4.39. The molecule has 0 aliphatic heterocycles. The molecule has 4 heteroatoms. The van der Waals surface area contributed by atoms with E-state index in [1.165, 1.54) is 5.39 Å². The van der Waals surface area contributed by atoms with Crippen LogP contribution in [0.15, 0.2) is 114 Å². The molecule has 0 aliphatic rings. The number of allylic oxidation sites excluding steroid dienone is 1. The standard InChI is InChI=1S/C34H27NO3/c1-3-37-32-20-33-29(30(21-38-33)27-16-8-12-23-10-4-6-14-25(23)27)19-28(32)22(2)18-34(36)35-31-17-9-13-24-11-5-7-15-26(24)31/h4-21H,3H2,1-2H3,(H,35,36)/b22-18+. The summed E-state index contributed by atoms with van der Waals surface area (Å²) in [5.41, 5.74) is 5.30. The second-order valence-corrected chi connectivity index (χ2v) is 9.30. The minimum absolute atomic E-state index is 0.192. The van der Waals surface area contributed by atoms with Gasteiger partial charge in [-0.05, 0) is 53.3 Å². The lowest BCUT2D eigenvalue weighted by Gasteiger charge is -2.12. The molecule has 6 aromatic rings. The van der Waals surface area contributed by atoms with Crippen LogP contribution in [-0.4, -0.2) is 12.5 Å². The van der Waals surface area contributed by atoms with E-state index in [4.69, 9.17) is 9.15 Å². The first kappa shape index (κ1) is 23.6. The number of carbonyl (C=O) groups excluding carboxylic acids is 1. The molecule has 0 unspecified atom stereocenters. The summed E-state index contributed by atoms with van der Waals surface area (Å²) in [6.07, 6.45) is 3.43. The molecule has 38 heavy (non-hydrogen) atoms. The third-order valence-electron chi connectivity index (χ3n) is 6.88. The van der Waals surface area contributed by atoms with Gasteiger partial charge in [-0.3, -0.25) is 4.79 Å². The molecule has 0 spiro atoms. The van der Waals surface area contributed by atoms with E-state index in [2.05, 4.69) is 41.7 Å². The van der Waals surface area contributed by atoms with Crippen molar-refractivity contribution in [3.05, 3.63) is 115 Å². The Balaban J connectivity index is 1.41. The van der Waals surface area contributed by atoms with Gasteiger partial charge in [0.05, 0.1) is 12.9 Å². The average Bonchev–Trinajstić information content (AvgIpc) is 3.35. The van der Waals surface area contributed by atoms with Gasteiger partial charge in [-0.1, -0.05) is 78.9 Å². The molecule has 0 fully saturated rings. The number of furan rings is 1. The lowest BCUT2D eigenvalue weighted by Crippen LogP contribution is -2.09. The van der Waals surface area contributed by atoms with Gasteiger partial charge in [-0.15, -0.1) is 0 Å². The second-order valence-electron chi connectivity index (χ2n) is 9.30. The molecular weight excluding hydrogens is 470 g/mol. The molecule has 4 nitrogen and oxygen atoms in total. The van der Waals surface area contributed by atoms with Crippen LogP contribution in [0.2, 0.25) is 0 Å². The van der Waals surface area contributed by atoms with Crippen molar-refractivity contribution in [2.75, 3.05) is 11.9 Å². The van der Waals surface area contributed by atoms with Crippen molar-refractivity contribution < 1.29 is 13.9 Å². The number of amides is 1. The summed E-state index contributed by atoms with van der Waals surface area (Å²) in [6, 6.07) is 32.5. The van der Waals surface area contributed by atoms with Gasteiger partial charge in [0.25, 0.3) is 0 Å². The van der Waals surface area contributed by atoms with Crippen molar-refractivity contribution in [1.29, 1.82) is 0 Å². The van der Waals surface area contributed by atoms with Gasteiger partial charge in [-0.2, -0.15) is 0 Å². The highest BCUT2D eigenvalue weighted by Crippen LogP contribution is 2.39. The smallest absolute Gasteiger partial charge is 0.248 e. The largest absolute Gasteiger partial charge is 0.493 e. The molecule has 0 aliphatic carbocycles. The maximum absolute atomic E-state index is 13.1. The summed E-state index contributed by atoms with van der Waals surface area (Å²) in [4.78, 5) is 13.1. The maximum atomic E-state index is 13.1. The van der Waals surface area contributed by atoms with Crippen LogP contribution in [0.25, 0.3) is 49.2 Å². The van der Waals surface area contributed by atoms with E-state index in [-0.39, 0.29) is 5.91 Å². The fourth-order valence-corrected chi connectivity index (χ4v) is 5.08. The van der Waals surface area contributed by atoms with E-state index >= 15 is 0 Å². The highest BCUT2D eigenvalue weighted by atomic mass is 16.5. The van der Waals surface area contributed by atoms with E-state index in [1.807, 2.05) is 74.5 Å². The van der Waals surface area contributed by atoms with Crippen molar-refractivity contribution in [3.8, 4) is 16.9 Å². The topological polar surface area (TPSA) is 51.5 Å². The number of carbonyl (C=O) groups is 1. The van der Waals surface area contributed by atoms with Crippen LogP contribution in [0, 0.1) is 0 Å². The molecule has 1 amide bonds. The number of fused-ring (bicyclic) bond motifs is 3. The molecule has 1 heterocycles. The van der Waals surface area contributed by atoms with Crippen molar-refractivity contribution in [2.24, 2.45) is 0 Å². The Labute approximate surface area is 221 Å². The highest BCUT2D eigenvalue weighted by Gasteiger charge is 2.17. The summed E-state index contributed by atoms with van der Waals surface area (Å²) in [5, 5.41) is 8.44. The maximum Gasteiger partial charge on any atom is 0.248 e. The first-order valence-electron chi connectivity index (χ1n) is 12.8. The van der Waals surface area contributed by atoms with Gasteiger partial charge >= 0.3 is 0 Å². The predicted octanol–water partition coefficient (Wildman–Crippen LogP) is 8.85. The van der Waals surface area contributed by atoms with Gasteiger partial charge < -0.3 is 14.5 Å². The molecule has 0 saturated heterocycles. The molecule has 0 saturated carbocycles. The molecule has 186 valence electrons. The van der Waals surface area contributed by atoms with E-state index in [9.17, 15) is 4.79 Å². The Bertz CT molecular complexity index is 1830. The van der Waals surface area contributed by atoms with Crippen LogP contribution in [0.5, 0.6) is 5.75 Å². The Kier molecular flexibility index (Phi) is 6.14. The predicted molar refractivity (Wildman–Crippen MR) is 157 cm³/mol. The number of ether oxygens (including phenoxy) is 1. The van der Waals surface area contributed by atoms with E-state index in [1.54, 1.807) is 12.3 Å². The number of benzene rings is 5. The zero-order chi connectivity index (χ0) is 26.1. The van der Waals surface area contributed by atoms with Crippen LogP contribution >= 0.6 is 0 Å². The van der Waals surface area contributed by atoms with Crippen molar-refractivity contribution in [2.45, 2.75) is 13.8 Å². The zero-order valence-corrected chi connectivity index (χ0v) is 21.3. The summed E-state index contributed by atoms with van der Waals surface area (Å²) in [7, 11) is 0. The van der Waals surface area contributed by atoms with Crippen LogP contribution in [-0.2, 0) is 4.79 Å². The van der Waals surface area contributed by atoms with Gasteiger partial charge in [0, 0.05) is 39.7 Å². The number of hydrogen-bond acceptors (Lipinski definition) is 3. The van der Waals surface area contributed by atoms with Gasteiger partial charge in [0.15, 0.2) is 0 Å². The number of anilines is 1. The summed E-state index contributed by atoms with van der Waals surface area (Å²) in [5.74, 6) is 0.494. The molecule has 6 rings (SSSR count). The molecule has 0 radical (unpaired) electrons. The lowest BCUT2D eigenvalue weighted by molar-refractivity contribution is -0.111. The number of hydrogen-bond donors (Lipinski definition) is 1. The van der Waals surface area contributed by atoms with Crippen molar-refractivity contribution in [1.82, 2.24) is 0 Å². The van der Waals surface area contributed by atoms with Gasteiger partial charge in [0.2, 0.25) is 5.91 Å². The second kappa shape index (κ2) is 9.91. The van der Waals surface area contributed by atoms with E-state index in [0.29, 0.717) is 12.4 Å². The Morgan fingerprint density at radius 2 is 1.50 bits per heavy atom. The molecule has 0 atom stereocenters. The Hall–Kier alpha value is -4.83. The average molecular weight is 498 g/mol. The summed E-state index contributed by atoms with van der Waals surface area (Å²) < 4.78 is 12.0. The monoisotopic (exact) mass is 497 g/mol. The normalized spacial score (nSPS) is 11.8. The summed E-state index contributed by atoms with van der Waals surface area (Å²) >= 11 is 0. The van der Waals surface area contributed by atoms with Crippen LogP contribution in [0.3, 0.4) is 0 Å². The minimum atomic E-state index is -0.192. The number of nitrogens with one attached hydrogen (secondary N) is 1. The zero-order valence-electron chi connectivity index (χ0n) is 21.3. The quantitative estimate of drug-likeness (QED) is 0.234. The molecule has 0 bridgehead atoms. The van der Waals surface area contributed by atoms with Crippen LogP contribution < -0.4 is 10.1 Å². The van der Waals surface area contributed by atoms with Crippen LogP contribution in [0.4, 0.5) is 5.69 Å². The Morgan fingerprint density at radius 3 is 2.29 bits per heavy atom. The van der Waals surface area contributed by atoms with Crippen LogP contribution in [0.1, 0.15) is 19.4 Å². The Morgan fingerprint density at radius 1 is 0.816 bits per heavy atom. The molecule has 1 N–H and O–H groups in total. The fraction of sp³-hybridized carbons (Fsp3) is 0.0882. The fourth-order valence-electron chi connectivity index (χ4n) is 5.08. The molecule has 1 aromatic heterocycles. The van der Waals surface area contributed by atoms with Crippen molar-refractivity contribution >= 4 is 49.7 Å². The minimum Gasteiger partial charge on any atom is -0.493 e. The SMILES string of the molecule is CCOc1cc2occ(-c3cccc4ccccc34)c2cc1/C(C)=C/C(=O)Nc1cccc2ccccc12. The highest BCUT2D eigenvalue weighted by molar-refractivity contribution is 6.10. The third-order valence-corrected chi connectivity index (χ3v) is 6.88. The first-order valence-corrected chi connectivity index (χ1v) is 12.8. The first-order chi connectivity index (χ1) is 18.6. The van der Waals surface area contributed by atoms with E-state index in [0.717, 1.165) is 55.1 Å². The van der Waals surface area contributed by atoms with Gasteiger partial charge in [0.1, 0.15) is 11.3 Å². The molecular formula is C34H27NO3. The third kappa shape index (κ3) is 4.31. The lowest BCUT2D eigenvalue weighted by atomic mass is 9.96. The molecule has 5 aromatic carbocycles. The van der Waals surface area contributed by atoms with Crippen molar-refractivity contribution in [3.63, 3.8) is 0 Å². The van der Waals surface area contributed by atoms with Gasteiger partial charge in [-0.25, -0.2) is 0 Å². The number of rotatable bonds is 6. The van der Waals surface area contributed by atoms with E-state index < -0.39 is 0 Å².